The molecule has 1 aliphatic heterocycles. The molecular weight excluding hydrogens is 444 g/mol. The zero-order valence-corrected chi connectivity index (χ0v) is 18.3. The number of benzene rings is 2. The van der Waals surface area contributed by atoms with Crippen LogP contribution in [0.5, 0.6) is 0 Å². The van der Waals surface area contributed by atoms with E-state index in [0.29, 0.717) is 23.0 Å². The van der Waals surface area contributed by atoms with Crippen LogP contribution in [0, 0.1) is 0 Å². The number of nitrogens with zero attached hydrogens (tertiary/aromatic N) is 3. The van der Waals surface area contributed by atoms with E-state index < -0.39 is 6.23 Å². The lowest BCUT2D eigenvalue weighted by Gasteiger charge is -2.14. The van der Waals surface area contributed by atoms with Gasteiger partial charge in [-0.2, -0.15) is 5.10 Å². The molecule has 0 spiro atoms. The van der Waals surface area contributed by atoms with Crippen LogP contribution >= 0.6 is 0 Å². The third-order valence-electron chi connectivity index (χ3n) is 5.62. The molecule has 0 saturated heterocycles. The van der Waals surface area contributed by atoms with Crippen LogP contribution in [0.2, 0.25) is 0 Å². The van der Waals surface area contributed by atoms with E-state index >= 15 is 0 Å². The first kappa shape index (κ1) is 20.6. The number of rotatable bonds is 5. The van der Waals surface area contributed by atoms with Crippen LogP contribution in [0.4, 0.5) is 11.5 Å². The summed E-state index contributed by atoms with van der Waals surface area (Å²) in [4.78, 5) is 24.9. The number of carbonyl (C=O) groups is 1. The molecule has 1 aliphatic rings. The van der Waals surface area contributed by atoms with E-state index in [9.17, 15) is 9.90 Å². The molecule has 0 saturated carbocycles. The Labute approximate surface area is 198 Å². The number of aliphatic hydroxyl groups is 1. The van der Waals surface area contributed by atoms with Gasteiger partial charge in [-0.3, -0.25) is 9.89 Å². The van der Waals surface area contributed by atoms with Crippen molar-refractivity contribution < 1.29 is 9.90 Å². The highest BCUT2D eigenvalue weighted by Crippen LogP contribution is 2.25. The highest BCUT2D eigenvalue weighted by Gasteiger charge is 2.14. The summed E-state index contributed by atoms with van der Waals surface area (Å²) < 4.78 is 0. The summed E-state index contributed by atoms with van der Waals surface area (Å²) in [5.74, 6) is 0.917. The standard InChI is InChI=1S/C25H20N8O2/c34-23-12-18(5-7-26-23)30-25(35)21-10-14-1-2-15(11-20(14)31-21)24-27-8-6-22(32-24)29-17-3-4-19-16(9-17)13-28-33-19/h1-13,23,26,31,34H,(H,28,33)(H,30,35)(H,27,29,32). The maximum absolute atomic E-state index is 12.7. The van der Waals surface area contributed by atoms with Gasteiger partial charge >= 0.3 is 0 Å². The summed E-state index contributed by atoms with van der Waals surface area (Å²) >= 11 is 0. The maximum atomic E-state index is 12.7. The Morgan fingerprint density at radius 1 is 1.03 bits per heavy atom. The lowest BCUT2D eigenvalue weighted by molar-refractivity contribution is 0.0962. The number of aliphatic hydroxyl groups excluding tert-OH is 1. The quantitative estimate of drug-likeness (QED) is 0.234. The van der Waals surface area contributed by atoms with Crippen molar-refractivity contribution in [1.29, 1.82) is 0 Å². The predicted octanol–water partition coefficient (Wildman–Crippen LogP) is 3.29. The Balaban J connectivity index is 1.23. The van der Waals surface area contributed by atoms with Gasteiger partial charge in [0.15, 0.2) is 5.82 Å². The van der Waals surface area contributed by atoms with Crippen LogP contribution in [0.15, 0.2) is 85.0 Å². The molecular formula is C25H20N8O2. The largest absolute Gasteiger partial charge is 0.370 e. The van der Waals surface area contributed by atoms with E-state index in [-0.39, 0.29) is 5.91 Å². The van der Waals surface area contributed by atoms with Crippen molar-refractivity contribution in [2.45, 2.75) is 6.23 Å². The molecule has 6 N–H and O–H groups in total. The Morgan fingerprint density at radius 2 is 1.97 bits per heavy atom. The van der Waals surface area contributed by atoms with E-state index in [0.717, 1.165) is 33.1 Å². The van der Waals surface area contributed by atoms with Crippen molar-refractivity contribution in [3.8, 4) is 11.4 Å². The fourth-order valence-electron chi connectivity index (χ4n) is 3.92. The second-order valence-electron chi connectivity index (χ2n) is 8.07. The Hall–Kier alpha value is -4.96. The second kappa shape index (κ2) is 8.43. The Morgan fingerprint density at radius 3 is 2.89 bits per heavy atom. The number of carbonyl (C=O) groups excluding carboxylic acids is 1. The predicted molar refractivity (Wildman–Crippen MR) is 133 cm³/mol. The number of nitrogens with one attached hydrogen (secondary N) is 5. The molecule has 6 rings (SSSR count). The highest BCUT2D eigenvalue weighted by molar-refractivity contribution is 5.99. The molecule has 10 nitrogen and oxygen atoms in total. The number of dihydropyridines is 1. The third-order valence-corrected chi connectivity index (χ3v) is 5.62. The highest BCUT2D eigenvalue weighted by atomic mass is 16.3. The minimum Gasteiger partial charge on any atom is -0.370 e. The van der Waals surface area contributed by atoms with Crippen LogP contribution in [0.1, 0.15) is 10.5 Å². The SMILES string of the molecule is O=C(NC1=CC(O)NC=C1)c1cc2ccc(-c3nccc(Nc4ccc5[nH]ncc5c4)n3)cc2[nH]1. The zero-order chi connectivity index (χ0) is 23.8. The number of hydrogen-bond donors (Lipinski definition) is 6. The summed E-state index contributed by atoms with van der Waals surface area (Å²) in [7, 11) is 0. The number of anilines is 2. The van der Waals surface area contributed by atoms with Crippen LogP contribution in [-0.4, -0.2) is 42.4 Å². The van der Waals surface area contributed by atoms with Crippen LogP contribution < -0.4 is 16.0 Å². The van der Waals surface area contributed by atoms with Crippen molar-refractivity contribution >= 4 is 39.2 Å². The van der Waals surface area contributed by atoms with Crippen molar-refractivity contribution in [3.05, 3.63) is 90.7 Å². The maximum Gasteiger partial charge on any atom is 0.272 e. The van der Waals surface area contributed by atoms with Crippen LogP contribution in [-0.2, 0) is 0 Å². The summed E-state index contributed by atoms with van der Waals surface area (Å²) in [5.41, 5.74) is 4.39. The van der Waals surface area contributed by atoms with Gasteiger partial charge in [-0.05, 0) is 48.6 Å². The molecule has 3 aromatic heterocycles. The number of hydrogen-bond acceptors (Lipinski definition) is 7. The minimum absolute atomic E-state index is 0.301. The molecule has 5 aromatic rings. The van der Waals surface area contributed by atoms with E-state index in [1.807, 2.05) is 36.4 Å². The second-order valence-corrected chi connectivity index (χ2v) is 8.07. The smallest absolute Gasteiger partial charge is 0.272 e. The topological polar surface area (TPSA) is 144 Å². The molecule has 2 aromatic carbocycles. The molecule has 35 heavy (non-hydrogen) atoms. The molecule has 0 radical (unpaired) electrons. The fraction of sp³-hybridized carbons (Fsp3) is 0.0400. The van der Waals surface area contributed by atoms with Gasteiger partial charge in [-0.25, -0.2) is 9.97 Å². The van der Waals surface area contributed by atoms with Crippen molar-refractivity contribution in [3.63, 3.8) is 0 Å². The van der Waals surface area contributed by atoms with Gasteiger partial charge < -0.3 is 26.0 Å². The van der Waals surface area contributed by atoms with E-state index in [4.69, 9.17) is 0 Å². The molecule has 172 valence electrons. The molecule has 1 unspecified atom stereocenters. The summed E-state index contributed by atoms with van der Waals surface area (Å²) in [6.07, 6.45) is 7.42. The molecule has 0 fully saturated rings. The van der Waals surface area contributed by atoms with E-state index in [1.165, 1.54) is 6.08 Å². The fourth-order valence-corrected chi connectivity index (χ4v) is 3.92. The number of aromatic amines is 2. The molecule has 4 heterocycles. The first-order valence-electron chi connectivity index (χ1n) is 10.9. The number of allylic oxidation sites excluding steroid dienone is 1. The number of amides is 1. The van der Waals surface area contributed by atoms with Gasteiger partial charge in [0.05, 0.1) is 11.7 Å². The van der Waals surface area contributed by atoms with Gasteiger partial charge in [0.2, 0.25) is 0 Å². The van der Waals surface area contributed by atoms with E-state index in [1.54, 1.807) is 36.8 Å². The molecule has 1 atom stereocenters. The average Bonchev–Trinajstić information content (AvgIpc) is 3.50. The lowest BCUT2D eigenvalue weighted by atomic mass is 10.1. The minimum atomic E-state index is -0.834. The number of aromatic nitrogens is 5. The zero-order valence-electron chi connectivity index (χ0n) is 18.3. The number of H-pyrrole nitrogens is 2. The van der Waals surface area contributed by atoms with Crippen molar-refractivity contribution in [1.82, 2.24) is 35.8 Å². The molecule has 0 aliphatic carbocycles. The van der Waals surface area contributed by atoms with Gasteiger partial charge in [0.1, 0.15) is 17.7 Å². The summed E-state index contributed by atoms with van der Waals surface area (Å²) in [5, 5.41) is 27.3. The summed E-state index contributed by atoms with van der Waals surface area (Å²) in [6.45, 7) is 0. The summed E-state index contributed by atoms with van der Waals surface area (Å²) in [6, 6.07) is 15.2. The van der Waals surface area contributed by atoms with Crippen molar-refractivity contribution in [2.75, 3.05) is 5.32 Å². The number of fused-ring (bicyclic) bond motifs is 2. The first-order valence-corrected chi connectivity index (χ1v) is 10.9. The van der Waals surface area contributed by atoms with Gasteiger partial charge in [-0.1, -0.05) is 12.1 Å². The van der Waals surface area contributed by atoms with Crippen LogP contribution in [0.3, 0.4) is 0 Å². The molecule has 1 amide bonds. The van der Waals surface area contributed by atoms with Gasteiger partial charge in [0.25, 0.3) is 5.91 Å². The monoisotopic (exact) mass is 464 g/mol. The molecule has 10 heteroatoms. The van der Waals surface area contributed by atoms with Crippen molar-refractivity contribution in [2.24, 2.45) is 0 Å². The third kappa shape index (κ3) is 4.21. The normalized spacial score (nSPS) is 15.1. The Bertz CT molecular complexity index is 1630. The Kier molecular flexibility index (Phi) is 4.97. The van der Waals surface area contributed by atoms with Crippen LogP contribution in [0.25, 0.3) is 33.2 Å². The molecule has 0 bridgehead atoms. The first-order chi connectivity index (χ1) is 17.1. The lowest BCUT2D eigenvalue weighted by Crippen LogP contribution is -2.30. The average molecular weight is 464 g/mol. The van der Waals surface area contributed by atoms with Gasteiger partial charge in [0, 0.05) is 45.6 Å². The van der Waals surface area contributed by atoms with Gasteiger partial charge in [-0.15, -0.1) is 0 Å². The van der Waals surface area contributed by atoms with E-state index in [2.05, 4.69) is 41.1 Å².